The number of hydrogen-bond acceptors (Lipinski definition) is 2. The Hall–Kier alpha value is -0.820. The highest BCUT2D eigenvalue weighted by molar-refractivity contribution is 14.1. The summed E-state index contributed by atoms with van der Waals surface area (Å²) in [5, 5.41) is 1.23. The van der Waals surface area contributed by atoms with Crippen LogP contribution >= 0.6 is 34.2 Å². The first-order valence-electron chi connectivity index (χ1n) is 3.59. The normalized spacial score (nSPS) is 14.4. The molecule has 0 unspecified atom stereocenters. The molecule has 1 aromatic carbocycles. The number of nitrogens with zero attached hydrogens (tertiary/aromatic N) is 2. The Balaban J connectivity index is 2.87. The van der Waals surface area contributed by atoms with E-state index in [2.05, 4.69) is 9.98 Å². The molecule has 2 amide bonds. The maximum Gasteiger partial charge on any atom is 0.338 e. The van der Waals surface area contributed by atoms with Crippen molar-refractivity contribution >= 4 is 46.0 Å². The fraction of sp³-hybridized carbons (Fsp3) is 0. The van der Waals surface area contributed by atoms with Crippen molar-refractivity contribution in [2.24, 2.45) is 9.98 Å². The lowest BCUT2D eigenvalue weighted by Crippen LogP contribution is -2.34. The molecule has 1 aliphatic heterocycles. The fourth-order valence-electron chi connectivity index (χ4n) is 1.02. The molecule has 1 aliphatic rings. The zero-order chi connectivity index (χ0) is 10.3. The number of rotatable bonds is 0. The van der Waals surface area contributed by atoms with E-state index in [-0.39, 0.29) is 0 Å². The van der Waals surface area contributed by atoms with Crippen LogP contribution in [0.25, 0.3) is 0 Å². The summed E-state index contributed by atoms with van der Waals surface area (Å²) in [6.45, 7) is 0. The maximum absolute atomic E-state index is 10.9. The maximum atomic E-state index is 10.9. The van der Waals surface area contributed by atoms with Crippen molar-refractivity contribution in [3.63, 3.8) is 0 Å². The predicted molar refractivity (Wildman–Crippen MR) is 56.5 cm³/mol. The lowest BCUT2D eigenvalue weighted by molar-refractivity contribution is -0.135. The van der Waals surface area contributed by atoms with Gasteiger partial charge in [0.15, 0.2) is 0 Å². The number of carbonyl (C=O) groups is 2. The van der Waals surface area contributed by atoms with Crippen molar-refractivity contribution in [1.29, 1.82) is 0 Å². The molecule has 0 fully saturated rings. The first kappa shape index (κ1) is 9.72. The number of hydrogen-bond donors (Lipinski definition) is 0. The van der Waals surface area contributed by atoms with Crippen molar-refractivity contribution in [3.05, 3.63) is 31.4 Å². The molecule has 1 heterocycles. The Morgan fingerprint density at radius 3 is 2.14 bits per heavy atom. The SMILES string of the molecule is O=C1N=c2cc(Cl)c(I)cc2=NC1=O. The predicted octanol–water partition coefficient (Wildman–Crippen LogP) is 0.251. The topological polar surface area (TPSA) is 58.9 Å². The third kappa shape index (κ3) is 1.57. The van der Waals surface area contributed by atoms with E-state index in [1.165, 1.54) is 6.07 Å². The number of fused-ring (bicyclic) bond motifs is 1. The molecule has 0 saturated heterocycles. The molecule has 0 aromatic heterocycles. The van der Waals surface area contributed by atoms with Gasteiger partial charge in [-0.25, -0.2) is 9.98 Å². The molecule has 0 radical (unpaired) electrons. The van der Waals surface area contributed by atoms with Gasteiger partial charge in [0.05, 0.1) is 15.7 Å². The van der Waals surface area contributed by atoms with Crippen molar-refractivity contribution in [2.75, 3.05) is 0 Å². The molecule has 0 spiro atoms. The summed E-state index contributed by atoms with van der Waals surface area (Å²) >= 11 is 7.84. The van der Waals surface area contributed by atoms with E-state index in [0.29, 0.717) is 15.7 Å². The molecule has 0 N–H and O–H groups in total. The fourth-order valence-corrected chi connectivity index (χ4v) is 1.63. The van der Waals surface area contributed by atoms with Gasteiger partial charge >= 0.3 is 11.8 Å². The monoisotopic (exact) mass is 320 g/mol. The molecule has 70 valence electrons. The van der Waals surface area contributed by atoms with Gasteiger partial charge in [0.1, 0.15) is 0 Å². The summed E-state index contributed by atoms with van der Waals surface area (Å²) in [7, 11) is 0. The van der Waals surface area contributed by atoms with Gasteiger partial charge in [-0.3, -0.25) is 9.59 Å². The van der Waals surface area contributed by atoms with Crippen LogP contribution in [0.2, 0.25) is 5.02 Å². The zero-order valence-corrected chi connectivity index (χ0v) is 9.53. The van der Waals surface area contributed by atoms with Crippen molar-refractivity contribution < 1.29 is 9.59 Å². The lowest BCUT2D eigenvalue weighted by Gasteiger charge is -1.99. The smallest absolute Gasteiger partial charge is 0.261 e. The van der Waals surface area contributed by atoms with Gasteiger partial charge in [0.2, 0.25) is 0 Å². The number of halogens is 2. The van der Waals surface area contributed by atoms with E-state index in [4.69, 9.17) is 11.6 Å². The highest BCUT2D eigenvalue weighted by Crippen LogP contribution is 2.13. The second-order valence-electron chi connectivity index (χ2n) is 2.59. The van der Waals surface area contributed by atoms with Crippen LogP contribution in [0, 0.1) is 3.57 Å². The first-order chi connectivity index (χ1) is 6.58. The summed E-state index contributed by atoms with van der Waals surface area (Å²) in [5.74, 6) is -1.69. The van der Waals surface area contributed by atoms with Crippen molar-refractivity contribution in [3.8, 4) is 0 Å². The third-order valence-corrected chi connectivity index (χ3v) is 3.17. The molecule has 0 atom stereocenters. The van der Waals surface area contributed by atoms with Crippen LogP contribution in [-0.4, -0.2) is 11.8 Å². The summed E-state index contributed by atoms with van der Waals surface area (Å²) in [5.41, 5.74) is 0. The van der Waals surface area contributed by atoms with E-state index in [1.54, 1.807) is 6.07 Å². The Kier molecular flexibility index (Phi) is 2.36. The number of amides is 2. The van der Waals surface area contributed by atoms with Gasteiger partial charge in [0.25, 0.3) is 0 Å². The van der Waals surface area contributed by atoms with Crippen LogP contribution in [0.3, 0.4) is 0 Å². The second-order valence-corrected chi connectivity index (χ2v) is 4.16. The van der Waals surface area contributed by atoms with Gasteiger partial charge in [-0.2, -0.15) is 0 Å². The number of carbonyl (C=O) groups excluding carboxylic acids is 2. The van der Waals surface area contributed by atoms with E-state index in [1.807, 2.05) is 22.6 Å². The molecule has 4 nitrogen and oxygen atoms in total. The van der Waals surface area contributed by atoms with Gasteiger partial charge < -0.3 is 0 Å². The molecule has 14 heavy (non-hydrogen) atoms. The van der Waals surface area contributed by atoms with E-state index < -0.39 is 11.8 Å². The standard InChI is InChI=1S/C8H2ClIN2O2/c9-3-1-5-6(2-4(3)10)12-8(14)7(13)11-5/h1-2H. The molecule has 0 bridgehead atoms. The Morgan fingerprint density at radius 2 is 1.57 bits per heavy atom. The van der Waals surface area contributed by atoms with Crippen molar-refractivity contribution in [2.45, 2.75) is 0 Å². The molecule has 1 aromatic rings. The minimum absolute atomic E-state index is 0.347. The van der Waals surface area contributed by atoms with Crippen LogP contribution in [0.1, 0.15) is 0 Å². The van der Waals surface area contributed by atoms with E-state index in [9.17, 15) is 9.59 Å². The molecular formula is C8H2ClIN2O2. The summed E-state index contributed by atoms with van der Waals surface area (Å²) in [6.07, 6.45) is 0. The van der Waals surface area contributed by atoms with E-state index in [0.717, 1.165) is 3.57 Å². The van der Waals surface area contributed by atoms with Crippen LogP contribution < -0.4 is 10.7 Å². The Morgan fingerprint density at radius 1 is 1.07 bits per heavy atom. The van der Waals surface area contributed by atoms with Crippen LogP contribution in [0.15, 0.2) is 22.1 Å². The molecule has 0 aliphatic carbocycles. The zero-order valence-electron chi connectivity index (χ0n) is 6.62. The van der Waals surface area contributed by atoms with Crippen LogP contribution in [0.5, 0.6) is 0 Å². The quantitative estimate of drug-likeness (QED) is 0.508. The van der Waals surface area contributed by atoms with Gasteiger partial charge in [-0.05, 0) is 34.7 Å². The Labute approximate surface area is 96.8 Å². The molecular weight excluding hydrogens is 318 g/mol. The molecule has 6 heteroatoms. The average molecular weight is 320 g/mol. The van der Waals surface area contributed by atoms with Crippen LogP contribution in [0.4, 0.5) is 0 Å². The Bertz CT molecular complexity index is 516. The van der Waals surface area contributed by atoms with E-state index >= 15 is 0 Å². The summed E-state index contributed by atoms with van der Waals surface area (Å²) in [4.78, 5) is 28.9. The number of benzene rings is 1. The van der Waals surface area contributed by atoms with Crippen LogP contribution in [-0.2, 0) is 9.59 Å². The summed E-state index contributed by atoms with van der Waals surface area (Å²) in [6, 6.07) is 3.14. The van der Waals surface area contributed by atoms with Crippen molar-refractivity contribution in [1.82, 2.24) is 0 Å². The summed E-state index contributed by atoms with van der Waals surface area (Å²) < 4.78 is 0.768. The average Bonchev–Trinajstić information content (AvgIpc) is 2.11. The van der Waals surface area contributed by atoms with Gasteiger partial charge in [-0.15, -0.1) is 0 Å². The minimum Gasteiger partial charge on any atom is -0.261 e. The van der Waals surface area contributed by atoms with Gasteiger partial charge in [0, 0.05) is 3.57 Å². The first-order valence-corrected chi connectivity index (χ1v) is 5.04. The molecule has 2 rings (SSSR count). The highest BCUT2D eigenvalue weighted by Gasteiger charge is 2.15. The minimum atomic E-state index is -0.852. The second kappa shape index (κ2) is 3.39. The third-order valence-electron chi connectivity index (χ3n) is 1.64. The lowest BCUT2D eigenvalue weighted by atomic mass is 10.3. The molecule has 0 saturated carbocycles. The largest absolute Gasteiger partial charge is 0.338 e. The van der Waals surface area contributed by atoms with Gasteiger partial charge in [-0.1, -0.05) is 11.6 Å². The highest BCUT2D eigenvalue weighted by atomic mass is 127.